The molecule has 0 aliphatic heterocycles. The second kappa shape index (κ2) is 14.2. The van der Waals surface area contributed by atoms with Gasteiger partial charge in [0.05, 0.1) is 17.9 Å². The number of aliphatic carboxylic acids is 1. The number of rotatable bonds is 11. The molecule has 0 spiro atoms. The number of hydrogen-bond donors (Lipinski definition) is 2. The van der Waals surface area contributed by atoms with Crippen LogP contribution in [0.1, 0.15) is 72.9 Å². The summed E-state index contributed by atoms with van der Waals surface area (Å²) in [5.74, 6) is -0.698. The highest BCUT2D eigenvalue weighted by molar-refractivity contribution is 7.95. The number of carboxylic acids is 1. The number of sulfone groups is 1. The van der Waals surface area contributed by atoms with Gasteiger partial charge < -0.3 is 15.2 Å². The van der Waals surface area contributed by atoms with Crippen LogP contribution in [0.5, 0.6) is 5.75 Å². The number of amides is 2. The number of ether oxygens (including phenoxy) is 1. The Bertz CT molecular complexity index is 1560. The van der Waals surface area contributed by atoms with Gasteiger partial charge in [0.2, 0.25) is 9.84 Å². The molecule has 43 heavy (non-hydrogen) atoms. The fourth-order valence-corrected chi connectivity index (χ4v) is 5.89. The molecule has 1 aliphatic rings. The van der Waals surface area contributed by atoms with Crippen molar-refractivity contribution in [3.05, 3.63) is 101 Å². The first kappa shape index (κ1) is 31.5. The van der Waals surface area contributed by atoms with Crippen molar-refractivity contribution in [2.24, 2.45) is 0 Å². The number of carboxylic acid groups (broad SMARTS) is 1. The molecular formula is C33H36N2O7S. The van der Waals surface area contributed by atoms with Gasteiger partial charge >= 0.3 is 12.1 Å². The number of nitrogens with one attached hydrogen (secondary N) is 1. The van der Waals surface area contributed by atoms with Gasteiger partial charge in [0.25, 0.3) is 5.91 Å². The average Bonchev–Trinajstić information content (AvgIpc) is 3.00. The SMILES string of the molecule is C=C(C)S(=O)(=O)c1ccc(OC(=O)N(Cc2ccc(C(=O)NCCC(=O)O)cc2)c2ccc(C3CCCCC3)cc2)cc1. The minimum absolute atomic E-state index is 0.0175. The van der Waals surface area contributed by atoms with Crippen molar-refractivity contribution in [1.29, 1.82) is 0 Å². The second-order valence-electron chi connectivity index (χ2n) is 10.7. The van der Waals surface area contributed by atoms with Crippen molar-refractivity contribution < 1.29 is 32.6 Å². The molecule has 226 valence electrons. The average molecular weight is 605 g/mol. The molecule has 0 aromatic heterocycles. The highest BCUT2D eigenvalue weighted by Crippen LogP contribution is 2.34. The maximum absolute atomic E-state index is 13.5. The molecule has 0 saturated heterocycles. The minimum atomic E-state index is -3.65. The molecule has 1 fully saturated rings. The first-order chi connectivity index (χ1) is 20.5. The van der Waals surface area contributed by atoms with Crippen LogP contribution in [-0.2, 0) is 21.2 Å². The largest absolute Gasteiger partial charge is 0.481 e. The highest BCUT2D eigenvalue weighted by Gasteiger charge is 2.22. The van der Waals surface area contributed by atoms with E-state index in [1.807, 2.05) is 24.3 Å². The molecule has 1 saturated carbocycles. The molecule has 2 N–H and O–H groups in total. The van der Waals surface area contributed by atoms with E-state index >= 15 is 0 Å². The van der Waals surface area contributed by atoms with Crippen molar-refractivity contribution >= 4 is 33.5 Å². The molecule has 0 radical (unpaired) electrons. The van der Waals surface area contributed by atoms with E-state index in [9.17, 15) is 22.8 Å². The van der Waals surface area contributed by atoms with Crippen LogP contribution in [0, 0.1) is 0 Å². The lowest BCUT2D eigenvalue weighted by Gasteiger charge is -2.25. The van der Waals surface area contributed by atoms with Crippen LogP contribution in [0.25, 0.3) is 0 Å². The Labute approximate surface area is 252 Å². The van der Waals surface area contributed by atoms with Crippen LogP contribution in [0.4, 0.5) is 10.5 Å². The monoisotopic (exact) mass is 604 g/mol. The van der Waals surface area contributed by atoms with Crippen molar-refractivity contribution in [2.45, 2.75) is 62.8 Å². The van der Waals surface area contributed by atoms with Gasteiger partial charge in [0, 0.05) is 22.7 Å². The summed E-state index contributed by atoms with van der Waals surface area (Å²) in [4.78, 5) is 38.1. The first-order valence-electron chi connectivity index (χ1n) is 14.2. The maximum Gasteiger partial charge on any atom is 0.420 e. The zero-order chi connectivity index (χ0) is 31.0. The number of carbonyl (C=O) groups is 3. The van der Waals surface area contributed by atoms with E-state index in [4.69, 9.17) is 9.84 Å². The standard InChI is InChI=1S/C33H36N2O7S/c1-23(2)43(40,41)30-18-16-29(17-19-30)42-33(39)35(28-14-12-26(13-15-28)25-6-4-3-5-7-25)22-24-8-10-27(11-9-24)32(38)34-21-20-31(36)37/h8-19,25H,1,3-7,20-22H2,2H3,(H,34,38)(H,36,37). The molecule has 9 nitrogen and oxygen atoms in total. The van der Waals surface area contributed by atoms with Gasteiger partial charge in [-0.05, 0) is 85.3 Å². The fourth-order valence-electron chi connectivity index (χ4n) is 5.00. The molecular weight excluding hydrogens is 568 g/mol. The minimum Gasteiger partial charge on any atom is -0.481 e. The smallest absolute Gasteiger partial charge is 0.420 e. The molecule has 4 rings (SSSR count). The zero-order valence-electron chi connectivity index (χ0n) is 24.1. The summed E-state index contributed by atoms with van der Waals surface area (Å²) in [5.41, 5.74) is 2.97. The Morgan fingerprint density at radius 2 is 1.56 bits per heavy atom. The third kappa shape index (κ3) is 8.32. The lowest BCUT2D eigenvalue weighted by molar-refractivity contribution is -0.136. The van der Waals surface area contributed by atoms with Gasteiger partial charge in [-0.1, -0.05) is 50.1 Å². The van der Waals surface area contributed by atoms with E-state index in [0.29, 0.717) is 17.2 Å². The van der Waals surface area contributed by atoms with Gasteiger partial charge in [0.15, 0.2) is 0 Å². The zero-order valence-corrected chi connectivity index (χ0v) is 24.9. The number of allylic oxidation sites excluding steroid dienone is 1. The van der Waals surface area contributed by atoms with Crippen LogP contribution in [0.3, 0.4) is 0 Å². The van der Waals surface area contributed by atoms with E-state index in [2.05, 4.69) is 11.9 Å². The van der Waals surface area contributed by atoms with Gasteiger partial charge in [-0.15, -0.1) is 0 Å². The Morgan fingerprint density at radius 3 is 2.14 bits per heavy atom. The summed E-state index contributed by atoms with van der Waals surface area (Å²) >= 11 is 0. The molecule has 0 unspecified atom stereocenters. The van der Waals surface area contributed by atoms with E-state index in [0.717, 1.165) is 18.4 Å². The van der Waals surface area contributed by atoms with Crippen LogP contribution < -0.4 is 15.0 Å². The Kier molecular flexibility index (Phi) is 10.4. The third-order valence-electron chi connectivity index (χ3n) is 7.48. The molecule has 0 atom stereocenters. The molecule has 0 heterocycles. The summed E-state index contributed by atoms with van der Waals surface area (Å²) in [6, 6.07) is 20.2. The highest BCUT2D eigenvalue weighted by atomic mass is 32.2. The van der Waals surface area contributed by atoms with Crippen molar-refractivity contribution in [3.63, 3.8) is 0 Å². The van der Waals surface area contributed by atoms with Crippen molar-refractivity contribution in [1.82, 2.24) is 5.32 Å². The maximum atomic E-state index is 13.5. The summed E-state index contributed by atoms with van der Waals surface area (Å²) in [5, 5.41) is 11.3. The van der Waals surface area contributed by atoms with Gasteiger partial charge in [-0.3, -0.25) is 14.5 Å². The molecule has 2 amide bonds. The molecule has 10 heteroatoms. The molecule has 0 bridgehead atoms. The van der Waals surface area contributed by atoms with E-state index in [1.54, 1.807) is 24.3 Å². The summed E-state index contributed by atoms with van der Waals surface area (Å²) < 4.78 is 30.4. The molecule has 3 aromatic carbocycles. The second-order valence-corrected chi connectivity index (χ2v) is 12.8. The molecule has 3 aromatic rings. The Hall–Kier alpha value is -4.44. The molecule has 1 aliphatic carbocycles. The lowest BCUT2D eigenvalue weighted by Crippen LogP contribution is -2.33. The Morgan fingerprint density at radius 1 is 0.930 bits per heavy atom. The number of carbonyl (C=O) groups excluding carboxylic acids is 2. The fraction of sp³-hybridized carbons (Fsp3) is 0.303. The lowest BCUT2D eigenvalue weighted by atomic mass is 9.84. The summed E-state index contributed by atoms with van der Waals surface area (Å²) in [7, 11) is -3.65. The number of hydrogen-bond acceptors (Lipinski definition) is 6. The number of anilines is 1. The number of benzene rings is 3. The van der Waals surface area contributed by atoms with Crippen LogP contribution in [0.2, 0.25) is 0 Å². The topological polar surface area (TPSA) is 130 Å². The predicted molar refractivity (Wildman–Crippen MR) is 164 cm³/mol. The van der Waals surface area contributed by atoms with Crippen molar-refractivity contribution in [3.8, 4) is 5.75 Å². The first-order valence-corrected chi connectivity index (χ1v) is 15.7. The predicted octanol–water partition coefficient (Wildman–Crippen LogP) is 6.45. The van der Waals surface area contributed by atoms with Gasteiger partial charge in [0.1, 0.15) is 5.75 Å². The van der Waals surface area contributed by atoms with E-state index in [-0.39, 0.29) is 41.0 Å². The quantitative estimate of drug-likeness (QED) is 0.257. The van der Waals surface area contributed by atoms with E-state index < -0.39 is 21.9 Å². The van der Waals surface area contributed by atoms with Gasteiger partial charge in [-0.25, -0.2) is 13.2 Å². The Balaban J connectivity index is 1.53. The van der Waals surface area contributed by atoms with Crippen molar-refractivity contribution in [2.75, 3.05) is 11.4 Å². The summed E-state index contributed by atoms with van der Waals surface area (Å²) in [6.45, 7) is 5.10. The van der Waals surface area contributed by atoms with Crippen LogP contribution in [-0.4, -0.2) is 38.0 Å². The van der Waals surface area contributed by atoms with Crippen LogP contribution in [0.15, 0.2) is 89.2 Å². The van der Waals surface area contributed by atoms with Crippen LogP contribution >= 0.6 is 0 Å². The van der Waals surface area contributed by atoms with E-state index in [1.165, 1.54) is 60.9 Å². The normalized spacial score (nSPS) is 13.6. The number of nitrogens with zero attached hydrogens (tertiary/aromatic N) is 1. The van der Waals surface area contributed by atoms with Gasteiger partial charge in [-0.2, -0.15) is 0 Å². The summed E-state index contributed by atoms with van der Waals surface area (Å²) in [6.07, 6.45) is 5.16. The third-order valence-corrected chi connectivity index (χ3v) is 9.29.